The third kappa shape index (κ3) is 5.04. The minimum Gasteiger partial charge on any atom is -0.484 e. The fraction of sp³-hybridized carbons (Fsp3) is 0.667. The molecule has 31 heavy (non-hydrogen) atoms. The maximum Gasteiger partial charge on any atom is 0.260 e. The van der Waals surface area contributed by atoms with Crippen LogP contribution in [-0.4, -0.2) is 65.4 Å². The summed E-state index contributed by atoms with van der Waals surface area (Å²) in [5.41, 5.74) is 1.24. The summed E-state index contributed by atoms with van der Waals surface area (Å²) in [5.74, 6) is 0.585. The fourth-order valence-corrected chi connectivity index (χ4v) is 5.05. The zero-order chi connectivity index (χ0) is 22.1. The van der Waals surface area contributed by atoms with Crippen molar-refractivity contribution in [3.63, 3.8) is 0 Å². The highest BCUT2D eigenvalue weighted by atomic mass is 16.5. The van der Waals surface area contributed by atoms with Gasteiger partial charge in [0, 0.05) is 20.0 Å². The Balaban J connectivity index is 1.29. The van der Waals surface area contributed by atoms with Gasteiger partial charge in [0.05, 0.1) is 18.2 Å². The number of carbonyl (C=O) groups is 2. The zero-order valence-electron chi connectivity index (χ0n) is 18.6. The van der Waals surface area contributed by atoms with Crippen LogP contribution >= 0.6 is 0 Å². The van der Waals surface area contributed by atoms with E-state index in [4.69, 9.17) is 9.47 Å². The van der Waals surface area contributed by atoms with Gasteiger partial charge in [0.15, 0.2) is 6.61 Å². The van der Waals surface area contributed by atoms with E-state index in [2.05, 4.69) is 17.4 Å². The summed E-state index contributed by atoms with van der Waals surface area (Å²) in [6, 6.07) is 5.82. The van der Waals surface area contributed by atoms with Crippen LogP contribution in [0.5, 0.6) is 5.75 Å². The van der Waals surface area contributed by atoms with Crippen molar-refractivity contribution in [3.05, 3.63) is 29.3 Å². The fourth-order valence-electron chi connectivity index (χ4n) is 5.05. The molecule has 4 rings (SSSR count). The molecule has 3 aliphatic rings. The highest BCUT2D eigenvalue weighted by Crippen LogP contribution is 2.38. The van der Waals surface area contributed by atoms with E-state index >= 15 is 0 Å². The topological polar surface area (TPSA) is 88.1 Å². The van der Waals surface area contributed by atoms with Gasteiger partial charge in [-0.25, -0.2) is 0 Å². The van der Waals surface area contributed by atoms with E-state index in [1.165, 1.54) is 30.9 Å². The number of benzene rings is 1. The molecule has 2 heterocycles. The van der Waals surface area contributed by atoms with Gasteiger partial charge < -0.3 is 24.8 Å². The average Bonchev–Trinajstić information content (AvgIpc) is 2.75. The number of nitrogens with one attached hydrogen (secondary N) is 1. The Bertz CT molecular complexity index is 829. The molecule has 2 N–H and O–H groups in total. The van der Waals surface area contributed by atoms with E-state index in [1.807, 2.05) is 11.0 Å². The number of nitrogens with zero attached hydrogens (tertiary/aromatic N) is 1. The van der Waals surface area contributed by atoms with Crippen molar-refractivity contribution in [2.24, 2.45) is 0 Å². The molecule has 170 valence electrons. The number of hydrogen-bond acceptors (Lipinski definition) is 5. The summed E-state index contributed by atoms with van der Waals surface area (Å²) >= 11 is 0. The number of hydrogen-bond donors (Lipinski definition) is 2. The van der Waals surface area contributed by atoms with Crippen molar-refractivity contribution in [2.75, 3.05) is 26.3 Å². The second kappa shape index (κ2) is 8.79. The number of rotatable bonds is 4. The number of amides is 2. The predicted molar refractivity (Wildman–Crippen MR) is 116 cm³/mol. The molecule has 0 bridgehead atoms. The standard InChI is InChI=1S/C24H34N2O5/c1-17(27)25-21-14-24(31-16-23(21,2)29)9-11-26(12-10-24)22(28)15-30-20-8-7-18-5-3-4-6-19(18)13-20/h7-8,13,21,29H,3-6,9-12,14-16H2,1-2H3,(H,25,27)/t21-,23-/m0/s1. The molecule has 7 nitrogen and oxygen atoms in total. The molecule has 1 aliphatic carbocycles. The van der Waals surface area contributed by atoms with Crippen LogP contribution in [0.25, 0.3) is 0 Å². The van der Waals surface area contributed by atoms with E-state index < -0.39 is 11.2 Å². The Labute approximate surface area is 184 Å². The van der Waals surface area contributed by atoms with Crippen molar-refractivity contribution >= 4 is 11.8 Å². The van der Waals surface area contributed by atoms with Crippen LogP contribution in [0, 0.1) is 0 Å². The molecular weight excluding hydrogens is 396 g/mol. The van der Waals surface area contributed by atoms with E-state index in [1.54, 1.807) is 6.92 Å². The second-order valence-corrected chi connectivity index (χ2v) is 9.59. The van der Waals surface area contributed by atoms with Gasteiger partial charge >= 0.3 is 0 Å². The van der Waals surface area contributed by atoms with Crippen molar-refractivity contribution in [1.29, 1.82) is 0 Å². The van der Waals surface area contributed by atoms with Crippen LogP contribution in [0.2, 0.25) is 0 Å². The summed E-state index contributed by atoms with van der Waals surface area (Å²) in [7, 11) is 0. The Kier molecular flexibility index (Phi) is 6.26. The number of aliphatic hydroxyl groups is 1. The molecule has 0 unspecified atom stereocenters. The lowest BCUT2D eigenvalue weighted by molar-refractivity contribution is -0.194. The summed E-state index contributed by atoms with van der Waals surface area (Å²) in [4.78, 5) is 26.1. The summed E-state index contributed by atoms with van der Waals surface area (Å²) in [5, 5.41) is 13.4. The maximum atomic E-state index is 12.7. The van der Waals surface area contributed by atoms with E-state index in [0.717, 1.165) is 18.6 Å². The largest absolute Gasteiger partial charge is 0.484 e. The Hall–Kier alpha value is -2.12. The van der Waals surface area contributed by atoms with Crippen LogP contribution in [-0.2, 0) is 27.2 Å². The molecule has 0 aromatic heterocycles. The molecule has 0 saturated carbocycles. The van der Waals surface area contributed by atoms with Crippen LogP contribution in [0.3, 0.4) is 0 Å². The van der Waals surface area contributed by atoms with Gasteiger partial charge in [-0.2, -0.15) is 0 Å². The molecular formula is C24H34N2O5. The molecule has 7 heteroatoms. The van der Waals surface area contributed by atoms with Crippen LogP contribution < -0.4 is 10.1 Å². The monoisotopic (exact) mass is 430 g/mol. The summed E-state index contributed by atoms with van der Waals surface area (Å²) in [6.07, 6.45) is 6.59. The highest BCUT2D eigenvalue weighted by Gasteiger charge is 2.49. The number of piperidine rings is 1. The SMILES string of the molecule is CC(=O)N[C@H]1CC2(CCN(C(=O)COc3ccc4c(c3)CCCC4)CC2)OC[C@]1(C)O. The summed E-state index contributed by atoms with van der Waals surface area (Å²) < 4.78 is 11.9. The molecule has 1 spiro atoms. The first-order valence-corrected chi connectivity index (χ1v) is 11.4. The maximum absolute atomic E-state index is 12.7. The zero-order valence-corrected chi connectivity index (χ0v) is 18.6. The first-order chi connectivity index (χ1) is 14.8. The van der Waals surface area contributed by atoms with Gasteiger partial charge in [-0.05, 0) is 75.1 Å². The average molecular weight is 431 g/mol. The van der Waals surface area contributed by atoms with E-state index in [0.29, 0.717) is 32.4 Å². The van der Waals surface area contributed by atoms with E-state index in [-0.39, 0.29) is 31.1 Å². The van der Waals surface area contributed by atoms with Crippen LogP contribution in [0.1, 0.15) is 57.1 Å². The summed E-state index contributed by atoms with van der Waals surface area (Å²) in [6.45, 7) is 4.53. The van der Waals surface area contributed by atoms with Crippen LogP contribution in [0.15, 0.2) is 18.2 Å². The first-order valence-electron chi connectivity index (χ1n) is 11.4. The molecule has 2 amide bonds. The third-order valence-corrected chi connectivity index (χ3v) is 7.08. The first kappa shape index (κ1) is 22.1. The Morgan fingerprint density at radius 3 is 2.65 bits per heavy atom. The molecule has 1 aromatic rings. The van der Waals surface area contributed by atoms with Crippen LogP contribution in [0.4, 0.5) is 0 Å². The van der Waals surface area contributed by atoms with Gasteiger partial charge in [-0.3, -0.25) is 9.59 Å². The smallest absolute Gasteiger partial charge is 0.260 e. The van der Waals surface area contributed by atoms with Crippen molar-refractivity contribution in [1.82, 2.24) is 10.2 Å². The molecule has 2 saturated heterocycles. The van der Waals surface area contributed by atoms with Crippen molar-refractivity contribution in [2.45, 2.75) is 76.0 Å². The molecule has 2 aliphatic heterocycles. The Morgan fingerprint density at radius 1 is 1.23 bits per heavy atom. The minimum atomic E-state index is -1.09. The normalized spacial score (nSPS) is 27.5. The van der Waals surface area contributed by atoms with Gasteiger partial charge in [0.2, 0.25) is 5.91 Å². The number of likely N-dealkylation sites (tertiary alicyclic amines) is 1. The second-order valence-electron chi connectivity index (χ2n) is 9.59. The van der Waals surface area contributed by atoms with Gasteiger partial charge in [-0.15, -0.1) is 0 Å². The number of carbonyl (C=O) groups excluding carboxylic acids is 2. The number of ether oxygens (including phenoxy) is 2. The molecule has 2 atom stereocenters. The van der Waals surface area contributed by atoms with Gasteiger partial charge in [0.25, 0.3) is 5.91 Å². The molecule has 2 fully saturated rings. The van der Waals surface area contributed by atoms with Gasteiger partial charge in [0.1, 0.15) is 11.4 Å². The quantitative estimate of drug-likeness (QED) is 0.763. The number of aryl methyl sites for hydroxylation is 2. The molecule has 1 aromatic carbocycles. The third-order valence-electron chi connectivity index (χ3n) is 7.08. The predicted octanol–water partition coefficient (Wildman–Crippen LogP) is 1.98. The minimum absolute atomic E-state index is 0.0196. The van der Waals surface area contributed by atoms with Crippen molar-refractivity contribution < 1.29 is 24.2 Å². The lowest BCUT2D eigenvalue weighted by Gasteiger charge is -2.50. The molecule has 0 radical (unpaired) electrons. The van der Waals surface area contributed by atoms with Crippen molar-refractivity contribution in [3.8, 4) is 5.75 Å². The number of fused-ring (bicyclic) bond motifs is 1. The van der Waals surface area contributed by atoms with Gasteiger partial charge in [-0.1, -0.05) is 6.07 Å². The van der Waals surface area contributed by atoms with E-state index in [9.17, 15) is 14.7 Å². The highest BCUT2D eigenvalue weighted by molar-refractivity contribution is 5.78. The Morgan fingerprint density at radius 2 is 1.94 bits per heavy atom. The lowest BCUT2D eigenvalue weighted by atomic mass is 9.77. The lowest BCUT2D eigenvalue weighted by Crippen LogP contribution is -2.64.